The van der Waals surface area contributed by atoms with E-state index in [-0.39, 0.29) is 24.8 Å². The summed E-state index contributed by atoms with van der Waals surface area (Å²) in [5.74, 6) is 6.61. The zero-order chi connectivity index (χ0) is 34.2. The third kappa shape index (κ3) is 6.24. The molecule has 1 saturated carbocycles. The summed E-state index contributed by atoms with van der Waals surface area (Å²) in [4.78, 5) is 53.4. The van der Waals surface area contributed by atoms with E-state index in [0.717, 1.165) is 40.8 Å². The molecule has 13 nitrogen and oxygen atoms in total. The van der Waals surface area contributed by atoms with Crippen molar-refractivity contribution in [2.24, 2.45) is 5.90 Å². The number of aromatic amines is 1. The molecule has 0 bridgehead atoms. The summed E-state index contributed by atoms with van der Waals surface area (Å²) in [5.41, 5.74) is 3.39. The number of carbonyl (C=O) groups is 2. The zero-order valence-electron chi connectivity index (χ0n) is 27.2. The SMILES string of the molecule is NO[C@@]1(C(=O)Nc2ccc3[nH]nc(-c4ccnc(C5CC5)n4)c3c2)CCN(CC(=O)N2CC=C(c3ccc(-c4ncccn4)cc3F)CC2)C1. The second kappa shape index (κ2) is 13.1. The van der Waals surface area contributed by atoms with Crippen molar-refractivity contribution in [2.45, 2.75) is 37.2 Å². The Morgan fingerprint density at radius 1 is 1.06 bits per heavy atom. The van der Waals surface area contributed by atoms with E-state index in [1.165, 1.54) is 6.07 Å². The highest BCUT2D eigenvalue weighted by atomic mass is 19.1. The smallest absolute Gasteiger partial charge is 0.260 e. The van der Waals surface area contributed by atoms with Gasteiger partial charge in [0.1, 0.15) is 17.3 Å². The fourth-order valence-corrected chi connectivity index (χ4v) is 6.70. The number of benzene rings is 2. The average Bonchev–Trinajstić information content (AvgIpc) is 3.79. The van der Waals surface area contributed by atoms with Gasteiger partial charge in [0.15, 0.2) is 11.4 Å². The van der Waals surface area contributed by atoms with Gasteiger partial charge in [0.05, 0.1) is 17.8 Å². The fraction of sp³-hybridized carbons (Fsp3) is 0.306. The summed E-state index contributed by atoms with van der Waals surface area (Å²) in [6.07, 6.45) is 9.91. The van der Waals surface area contributed by atoms with Crippen molar-refractivity contribution >= 4 is 34.0 Å². The van der Waals surface area contributed by atoms with Crippen molar-refractivity contribution in [1.29, 1.82) is 0 Å². The quantitative estimate of drug-likeness (QED) is 0.194. The summed E-state index contributed by atoms with van der Waals surface area (Å²) < 4.78 is 15.1. The Morgan fingerprint density at radius 3 is 2.68 bits per heavy atom. The molecule has 5 heterocycles. The minimum Gasteiger partial charge on any atom is -0.338 e. The Kier molecular flexibility index (Phi) is 8.34. The number of H-pyrrole nitrogens is 1. The summed E-state index contributed by atoms with van der Waals surface area (Å²) in [6, 6.07) is 14.0. The van der Waals surface area contributed by atoms with Gasteiger partial charge in [-0.1, -0.05) is 18.2 Å². The second-order valence-corrected chi connectivity index (χ2v) is 13.0. The van der Waals surface area contributed by atoms with Crippen LogP contribution in [0.1, 0.15) is 43.0 Å². The molecule has 3 aliphatic rings. The molecule has 8 rings (SSSR count). The predicted molar refractivity (Wildman–Crippen MR) is 183 cm³/mol. The molecular weight excluding hydrogens is 639 g/mol. The molecule has 1 atom stereocenters. The fourth-order valence-electron chi connectivity index (χ4n) is 6.70. The van der Waals surface area contributed by atoms with Crippen molar-refractivity contribution in [3.63, 3.8) is 0 Å². The van der Waals surface area contributed by atoms with Crippen LogP contribution in [0.2, 0.25) is 0 Å². The third-order valence-electron chi connectivity index (χ3n) is 9.69. The van der Waals surface area contributed by atoms with Gasteiger partial charge in [-0.3, -0.25) is 24.4 Å². The van der Waals surface area contributed by atoms with Crippen molar-refractivity contribution in [3.8, 4) is 22.8 Å². The van der Waals surface area contributed by atoms with E-state index in [1.807, 2.05) is 29.2 Å². The Balaban J connectivity index is 0.894. The average molecular weight is 675 g/mol. The van der Waals surface area contributed by atoms with Crippen LogP contribution in [0.15, 0.2) is 73.2 Å². The van der Waals surface area contributed by atoms with Gasteiger partial charge in [0, 0.05) is 79.3 Å². The highest BCUT2D eigenvalue weighted by Gasteiger charge is 2.46. The first-order valence-corrected chi connectivity index (χ1v) is 16.7. The first kappa shape index (κ1) is 31.8. The van der Waals surface area contributed by atoms with Gasteiger partial charge in [0.25, 0.3) is 5.91 Å². The van der Waals surface area contributed by atoms with Crippen LogP contribution in [0, 0.1) is 5.82 Å². The Hall–Kier alpha value is -5.44. The lowest BCUT2D eigenvalue weighted by Crippen LogP contribution is -2.50. The highest BCUT2D eigenvalue weighted by molar-refractivity contribution is 6.01. The first-order valence-electron chi connectivity index (χ1n) is 16.7. The van der Waals surface area contributed by atoms with Crippen molar-refractivity contribution in [2.75, 3.05) is 38.0 Å². The Morgan fingerprint density at radius 2 is 1.92 bits per heavy atom. The van der Waals surface area contributed by atoms with Crippen LogP contribution in [0.3, 0.4) is 0 Å². The summed E-state index contributed by atoms with van der Waals surface area (Å²) >= 11 is 0. The molecule has 2 aromatic carbocycles. The molecule has 3 aromatic heterocycles. The number of halogens is 1. The molecule has 2 aliphatic heterocycles. The number of hydrogen-bond donors (Lipinski definition) is 3. The molecule has 1 aliphatic carbocycles. The largest absolute Gasteiger partial charge is 0.338 e. The monoisotopic (exact) mass is 674 g/mol. The number of nitrogens with one attached hydrogen (secondary N) is 2. The number of fused-ring (bicyclic) bond motifs is 1. The normalized spacial score (nSPS) is 19.5. The molecule has 254 valence electrons. The number of likely N-dealkylation sites (tertiary alicyclic amines) is 1. The molecule has 0 spiro atoms. The highest BCUT2D eigenvalue weighted by Crippen LogP contribution is 2.39. The Labute approximate surface area is 286 Å². The zero-order valence-corrected chi connectivity index (χ0v) is 27.2. The van der Waals surface area contributed by atoms with Crippen LogP contribution >= 0.6 is 0 Å². The lowest BCUT2D eigenvalue weighted by molar-refractivity contribution is -0.141. The predicted octanol–water partition coefficient (Wildman–Crippen LogP) is 4.08. The molecule has 0 radical (unpaired) electrons. The first-order chi connectivity index (χ1) is 24.4. The van der Waals surface area contributed by atoms with Gasteiger partial charge in [-0.05, 0) is 61.2 Å². The number of aromatic nitrogens is 6. The molecule has 1 saturated heterocycles. The van der Waals surface area contributed by atoms with Crippen LogP contribution in [-0.2, 0) is 14.4 Å². The molecule has 4 N–H and O–H groups in total. The maximum Gasteiger partial charge on any atom is 0.260 e. The number of amides is 2. The molecule has 2 fully saturated rings. The van der Waals surface area contributed by atoms with Gasteiger partial charge >= 0.3 is 0 Å². The van der Waals surface area contributed by atoms with E-state index in [9.17, 15) is 9.59 Å². The second-order valence-electron chi connectivity index (χ2n) is 13.0. The van der Waals surface area contributed by atoms with E-state index in [1.54, 1.807) is 47.8 Å². The van der Waals surface area contributed by atoms with Crippen LogP contribution in [-0.4, -0.2) is 90.1 Å². The standard InChI is InChI=1S/C36H35FN10O3/c37-28-18-24(33-39-12-1-13-40-33)4-6-26(28)22-9-15-47(16-10-22)31(48)20-46-17-11-36(21-46,50-38)35(49)42-25-5-7-29-27(19-25)32(45-44-29)30-8-14-41-34(43-30)23-2-3-23/h1,4-9,12-14,18-19,23H,2-3,10-11,15-17,20-21,38H2,(H,42,49)(H,44,45)/t36-/m0/s1. The van der Waals surface area contributed by atoms with E-state index >= 15 is 4.39 Å². The van der Waals surface area contributed by atoms with Crippen LogP contribution in [0.5, 0.6) is 0 Å². The van der Waals surface area contributed by atoms with Crippen LogP contribution in [0.4, 0.5) is 10.1 Å². The number of hydrogen-bond acceptors (Lipinski definition) is 10. The van der Waals surface area contributed by atoms with Gasteiger partial charge in [-0.25, -0.2) is 30.2 Å². The van der Waals surface area contributed by atoms with E-state index in [0.29, 0.717) is 66.7 Å². The van der Waals surface area contributed by atoms with Crippen molar-refractivity contribution in [1.82, 2.24) is 39.9 Å². The van der Waals surface area contributed by atoms with Crippen LogP contribution in [0.25, 0.3) is 39.3 Å². The minimum atomic E-state index is -1.33. The lowest BCUT2D eigenvalue weighted by atomic mass is 9.97. The lowest BCUT2D eigenvalue weighted by Gasteiger charge is -2.29. The molecule has 5 aromatic rings. The maximum atomic E-state index is 15.1. The molecule has 0 unspecified atom stereocenters. The van der Waals surface area contributed by atoms with Gasteiger partial charge in [0.2, 0.25) is 5.91 Å². The molecule has 50 heavy (non-hydrogen) atoms. The van der Waals surface area contributed by atoms with Crippen molar-refractivity contribution < 1.29 is 18.8 Å². The molecule has 2 amide bonds. The number of carbonyl (C=O) groups excluding carboxylic acids is 2. The molecular formula is C36H35FN10O3. The van der Waals surface area contributed by atoms with Gasteiger partial charge in [-0.15, -0.1) is 0 Å². The van der Waals surface area contributed by atoms with E-state index < -0.39 is 11.5 Å². The van der Waals surface area contributed by atoms with Crippen LogP contribution < -0.4 is 11.2 Å². The van der Waals surface area contributed by atoms with E-state index in [4.69, 9.17) is 15.7 Å². The van der Waals surface area contributed by atoms with Gasteiger partial charge in [-0.2, -0.15) is 5.10 Å². The summed E-state index contributed by atoms with van der Waals surface area (Å²) in [5, 5.41) is 11.3. The maximum absolute atomic E-state index is 15.1. The minimum absolute atomic E-state index is 0.0851. The summed E-state index contributed by atoms with van der Waals surface area (Å²) in [6.45, 7) is 1.53. The number of nitrogens with zero attached hydrogens (tertiary/aromatic N) is 7. The topological polar surface area (TPSA) is 168 Å². The van der Waals surface area contributed by atoms with E-state index in [2.05, 4.69) is 30.5 Å². The summed E-state index contributed by atoms with van der Waals surface area (Å²) in [7, 11) is 0. The van der Waals surface area contributed by atoms with Crippen molar-refractivity contribution in [3.05, 3.63) is 90.4 Å². The Bertz CT molecular complexity index is 2120. The van der Waals surface area contributed by atoms with Gasteiger partial charge < -0.3 is 10.2 Å². The third-order valence-corrected chi connectivity index (χ3v) is 9.69. The molecule has 14 heteroatoms. The number of anilines is 1. The number of nitrogens with two attached hydrogens (primary N) is 1. The number of rotatable bonds is 9.